The zero-order chi connectivity index (χ0) is 24.3. The zero-order valence-corrected chi connectivity index (χ0v) is 19.1. The molecule has 0 fully saturated rings. The first-order valence-corrected chi connectivity index (χ1v) is 11.1. The number of nitriles is 2. The highest BCUT2D eigenvalue weighted by Crippen LogP contribution is 2.46. The van der Waals surface area contributed by atoms with E-state index >= 15 is 4.39 Å². The summed E-state index contributed by atoms with van der Waals surface area (Å²) in [5, 5.41) is 19.5. The number of fused-ring (bicyclic) bond motifs is 1. The minimum absolute atomic E-state index is 0.0819. The maximum atomic E-state index is 15.1. The fraction of sp³-hybridized carbons (Fsp3) is 0.207. The van der Waals surface area contributed by atoms with Crippen molar-refractivity contribution in [3.63, 3.8) is 0 Å². The topological polar surface area (TPSA) is 69.2 Å². The van der Waals surface area contributed by atoms with Crippen LogP contribution in [0.5, 0.6) is 5.75 Å². The molecule has 0 radical (unpaired) electrons. The van der Waals surface area contributed by atoms with Crippen molar-refractivity contribution >= 4 is 11.3 Å². The molecule has 0 spiro atoms. The first-order chi connectivity index (χ1) is 16.4. The highest BCUT2D eigenvalue weighted by molar-refractivity contribution is 6.13. The Bertz CT molecular complexity index is 1290. The molecule has 4 rings (SSSR count). The molecule has 3 unspecified atom stereocenters. The number of rotatable bonds is 5. The molecule has 0 aromatic heterocycles. The summed E-state index contributed by atoms with van der Waals surface area (Å²) in [6.45, 7) is 7.58. The van der Waals surface area contributed by atoms with Gasteiger partial charge in [0.2, 0.25) is 0 Å². The first-order valence-electron chi connectivity index (χ1n) is 11.1. The second kappa shape index (κ2) is 9.33. The molecule has 5 heteroatoms. The molecule has 0 saturated heterocycles. The van der Waals surface area contributed by atoms with Gasteiger partial charge in [0.1, 0.15) is 29.1 Å². The largest absolute Gasteiger partial charge is 0.488 e. The average molecular weight is 450 g/mol. The lowest BCUT2D eigenvalue weighted by atomic mass is 9.74. The van der Waals surface area contributed by atoms with Gasteiger partial charge < -0.3 is 4.74 Å². The first kappa shape index (κ1) is 23.0. The number of hydrogen-bond acceptors (Lipinski definition) is 4. The van der Waals surface area contributed by atoms with Gasteiger partial charge in [0.25, 0.3) is 0 Å². The molecular formula is C29H24FN3O. The maximum absolute atomic E-state index is 15.1. The summed E-state index contributed by atoms with van der Waals surface area (Å²) in [6, 6.07) is 25.8. The van der Waals surface area contributed by atoms with E-state index in [4.69, 9.17) is 9.73 Å². The summed E-state index contributed by atoms with van der Waals surface area (Å²) in [4.78, 5) is 4.74. The highest BCUT2D eigenvalue weighted by Gasteiger charge is 2.42. The minimum Gasteiger partial charge on any atom is -0.488 e. The molecule has 1 aliphatic rings. The Morgan fingerprint density at radius 1 is 1.09 bits per heavy atom. The Hall–Kier alpha value is -4.22. The summed E-state index contributed by atoms with van der Waals surface area (Å²) in [5.41, 5.74) is 2.83. The maximum Gasteiger partial charge on any atom is 0.141 e. The average Bonchev–Trinajstić information content (AvgIpc) is 2.87. The fourth-order valence-corrected chi connectivity index (χ4v) is 4.07. The lowest BCUT2D eigenvalue weighted by Crippen LogP contribution is -2.38. The van der Waals surface area contributed by atoms with Crippen molar-refractivity contribution in [3.8, 4) is 17.9 Å². The molecule has 0 amide bonds. The molecule has 0 aliphatic carbocycles. The molecule has 0 bridgehead atoms. The van der Waals surface area contributed by atoms with E-state index in [-0.39, 0.29) is 6.42 Å². The normalized spacial score (nSPS) is 19.7. The van der Waals surface area contributed by atoms with E-state index in [2.05, 4.69) is 18.7 Å². The highest BCUT2D eigenvalue weighted by atomic mass is 19.1. The molecule has 0 N–H and O–H groups in total. The minimum atomic E-state index is -0.944. The Balaban J connectivity index is 1.71. The molecule has 0 saturated carbocycles. The standard InChI is InChI=1S/C29H24FN3O/c1-19-25-16-26(30)23(15-27(25)34-20(2)29(19,3)18-32)14-24(17-31)33-28(21-10-6-4-7-11-21)22-12-8-5-9-13-22/h4-13,15-16,20,24H,1,14H2,2-3H3. The van der Waals surface area contributed by atoms with Crippen molar-refractivity contribution < 1.29 is 9.13 Å². The van der Waals surface area contributed by atoms with Gasteiger partial charge in [0.15, 0.2) is 0 Å². The molecule has 4 nitrogen and oxygen atoms in total. The summed E-state index contributed by atoms with van der Waals surface area (Å²) in [5.74, 6) is -0.0107. The van der Waals surface area contributed by atoms with Crippen LogP contribution in [0.3, 0.4) is 0 Å². The van der Waals surface area contributed by atoms with Gasteiger partial charge in [-0.05, 0) is 37.1 Å². The van der Waals surface area contributed by atoms with Crippen molar-refractivity contribution in [2.45, 2.75) is 32.4 Å². The van der Waals surface area contributed by atoms with Crippen LogP contribution in [0.25, 0.3) is 5.57 Å². The predicted octanol–water partition coefficient (Wildman–Crippen LogP) is 6.12. The lowest BCUT2D eigenvalue weighted by molar-refractivity contribution is 0.141. The molecule has 168 valence electrons. The van der Waals surface area contributed by atoms with Crippen LogP contribution >= 0.6 is 0 Å². The van der Waals surface area contributed by atoms with E-state index in [0.29, 0.717) is 28.2 Å². The molecular weight excluding hydrogens is 425 g/mol. The Morgan fingerprint density at radius 2 is 1.68 bits per heavy atom. The van der Waals surface area contributed by atoms with E-state index < -0.39 is 23.4 Å². The number of ether oxygens (including phenoxy) is 1. The number of nitrogens with zero attached hydrogens (tertiary/aromatic N) is 3. The predicted molar refractivity (Wildman–Crippen MR) is 131 cm³/mol. The molecule has 1 heterocycles. The Labute approximate surface area is 199 Å². The Kier molecular flexibility index (Phi) is 6.30. The van der Waals surface area contributed by atoms with E-state index in [0.717, 1.165) is 11.1 Å². The van der Waals surface area contributed by atoms with E-state index in [1.54, 1.807) is 19.9 Å². The third-order valence-corrected chi connectivity index (χ3v) is 6.39. The van der Waals surface area contributed by atoms with Crippen LogP contribution in [0.1, 0.15) is 36.1 Å². The van der Waals surface area contributed by atoms with Crippen molar-refractivity contribution in [3.05, 3.63) is 107 Å². The van der Waals surface area contributed by atoms with E-state index in [1.807, 2.05) is 60.7 Å². The number of hydrogen-bond donors (Lipinski definition) is 0. The van der Waals surface area contributed by atoms with Gasteiger partial charge in [0, 0.05) is 23.1 Å². The van der Waals surface area contributed by atoms with Gasteiger partial charge in [-0.1, -0.05) is 67.2 Å². The summed E-state index contributed by atoms with van der Waals surface area (Å²) in [6.07, 6.45) is -0.359. The molecule has 1 aliphatic heterocycles. The van der Waals surface area contributed by atoms with Crippen LogP contribution in [0, 0.1) is 33.9 Å². The van der Waals surface area contributed by atoms with E-state index in [9.17, 15) is 10.5 Å². The van der Waals surface area contributed by atoms with Crippen molar-refractivity contribution in [2.75, 3.05) is 0 Å². The lowest BCUT2D eigenvalue weighted by Gasteiger charge is -2.37. The van der Waals surface area contributed by atoms with Crippen LogP contribution in [-0.2, 0) is 6.42 Å². The van der Waals surface area contributed by atoms with Gasteiger partial charge in [-0.2, -0.15) is 10.5 Å². The third kappa shape index (κ3) is 4.21. The SMILES string of the molecule is C=C1c2cc(F)c(CC(C#N)N=C(c3ccccc3)c3ccccc3)cc2OC(C)C1(C)C#N. The third-order valence-electron chi connectivity index (χ3n) is 6.39. The van der Waals surface area contributed by atoms with Gasteiger partial charge in [-0.3, -0.25) is 4.99 Å². The summed E-state index contributed by atoms with van der Waals surface area (Å²) in [7, 11) is 0. The van der Waals surface area contributed by atoms with Gasteiger partial charge in [0.05, 0.1) is 17.9 Å². The quantitative estimate of drug-likeness (QED) is 0.441. The Morgan fingerprint density at radius 3 is 2.21 bits per heavy atom. The molecule has 3 atom stereocenters. The van der Waals surface area contributed by atoms with Crippen LogP contribution in [0.4, 0.5) is 4.39 Å². The monoisotopic (exact) mass is 449 g/mol. The molecule has 3 aromatic carbocycles. The van der Waals surface area contributed by atoms with E-state index in [1.165, 1.54) is 6.07 Å². The van der Waals surface area contributed by atoms with Crippen LogP contribution in [-0.4, -0.2) is 17.9 Å². The second-order valence-corrected chi connectivity index (χ2v) is 8.55. The molecule has 34 heavy (non-hydrogen) atoms. The van der Waals surface area contributed by atoms with Gasteiger partial charge in [-0.15, -0.1) is 0 Å². The second-order valence-electron chi connectivity index (χ2n) is 8.55. The van der Waals surface area contributed by atoms with Gasteiger partial charge in [-0.25, -0.2) is 4.39 Å². The van der Waals surface area contributed by atoms with Crippen molar-refractivity contribution in [1.29, 1.82) is 10.5 Å². The number of aliphatic imine (C=N–C) groups is 1. The summed E-state index contributed by atoms with van der Waals surface area (Å²) < 4.78 is 21.1. The van der Waals surface area contributed by atoms with Crippen LogP contribution in [0.2, 0.25) is 0 Å². The van der Waals surface area contributed by atoms with Crippen molar-refractivity contribution in [1.82, 2.24) is 0 Å². The smallest absolute Gasteiger partial charge is 0.141 e. The van der Waals surface area contributed by atoms with Crippen molar-refractivity contribution in [2.24, 2.45) is 10.4 Å². The molecule has 3 aromatic rings. The zero-order valence-electron chi connectivity index (χ0n) is 19.1. The van der Waals surface area contributed by atoms with Gasteiger partial charge >= 0.3 is 0 Å². The summed E-state index contributed by atoms with van der Waals surface area (Å²) >= 11 is 0. The number of benzene rings is 3. The van der Waals surface area contributed by atoms with Crippen LogP contribution in [0.15, 0.2) is 84.4 Å². The fourth-order valence-electron chi connectivity index (χ4n) is 4.07. The number of halogens is 1. The van der Waals surface area contributed by atoms with Crippen LogP contribution < -0.4 is 4.74 Å².